The highest BCUT2D eigenvalue weighted by Crippen LogP contribution is 2.26. The van der Waals surface area contributed by atoms with E-state index in [0.29, 0.717) is 0 Å². The number of hydrogen-bond acceptors (Lipinski definition) is 6. The number of H-pyrrole nitrogens is 1. The third kappa shape index (κ3) is 2.14. The molecule has 0 aromatic carbocycles. The minimum Gasteiger partial charge on any atom is -0.394 e. The molecule has 0 radical (unpaired) electrons. The number of aromatic amines is 1. The van der Waals surface area contributed by atoms with Gasteiger partial charge in [0.25, 0.3) is 5.56 Å². The van der Waals surface area contributed by atoms with Crippen LogP contribution in [0.3, 0.4) is 0 Å². The minimum absolute atomic E-state index is 0.134. The van der Waals surface area contributed by atoms with Crippen LogP contribution in [0.1, 0.15) is 18.3 Å². The summed E-state index contributed by atoms with van der Waals surface area (Å²) in [4.78, 5) is 24.7. The highest BCUT2D eigenvalue weighted by Gasteiger charge is 2.35. The van der Waals surface area contributed by atoms with Gasteiger partial charge in [-0.05, 0) is 6.92 Å². The number of aliphatic hydroxyl groups is 2. The molecule has 17 heavy (non-hydrogen) atoms. The lowest BCUT2D eigenvalue weighted by atomic mass is 10.2. The number of aryl methyl sites for hydroxylation is 1. The van der Waals surface area contributed by atoms with Crippen molar-refractivity contribution in [1.82, 2.24) is 14.8 Å². The Labute approximate surface area is 95.5 Å². The van der Waals surface area contributed by atoms with Gasteiger partial charge in [-0.2, -0.15) is 9.78 Å². The highest BCUT2D eigenvalue weighted by molar-refractivity contribution is 4.89. The van der Waals surface area contributed by atoms with Crippen molar-refractivity contribution < 1.29 is 14.9 Å². The van der Waals surface area contributed by atoms with Crippen molar-refractivity contribution in [3.63, 3.8) is 0 Å². The first-order valence-corrected chi connectivity index (χ1v) is 5.17. The zero-order valence-electron chi connectivity index (χ0n) is 9.16. The van der Waals surface area contributed by atoms with E-state index in [1.807, 2.05) is 0 Å². The van der Waals surface area contributed by atoms with Crippen molar-refractivity contribution >= 4 is 0 Å². The fourth-order valence-corrected chi connectivity index (χ4v) is 1.72. The molecule has 0 amide bonds. The van der Waals surface area contributed by atoms with Gasteiger partial charge in [-0.25, -0.2) is 4.79 Å². The van der Waals surface area contributed by atoms with E-state index in [-0.39, 0.29) is 18.7 Å². The summed E-state index contributed by atoms with van der Waals surface area (Å²) in [5.41, 5.74) is -1.12. The summed E-state index contributed by atoms with van der Waals surface area (Å²) in [5.74, 6) is 0. The predicted octanol–water partition coefficient (Wildman–Crippen LogP) is -2.12. The molecule has 94 valence electrons. The van der Waals surface area contributed by atoms with E-state index in [4.69, 9.17) is 9.84 Å². The lowest BCUT2D eigenvalue weighted by Gasteiger charge is -2.13. The molecular weight excluding hydrogens is 230 g/mol. The molecule has 3 atom stereocenters. The SMILES string of the molecule is Cc1nn([C@H]2C[C@H](O)[C@H](CO)O2)c(=O)[nH]c1=O. The number of hydrogen-bond donors (Lipinski definition) is 3. The van der Waals surface area contributed by atoms with Crippen LogP contribution >= 0.6 is 0 Å². The van der Waals surface area contributed by atoms with E-state index in [0.717, 1.165) is 4.68 Å². The van der Waals surface area contributed by atoms with Crippen LogP contribution in [0.5, 0.6) is 0 Å². The molecule has 0 saturated carbocycles. The molecule has 1 aliphatic heterocycles. The maximum atomic E-state index is 11.5. The fourth-order valence-electron chi connectivity index (χ4n) is 1.72. The number of nitrogens with one attached hydrogen (secondary N) is 1. The second kappa shape index (κ2) is 4.40. The monoisotopic (exact) mass is 243 g/mol. The first-order chi connectivity index (χ1) is 8.02. The van der Waals surface area contributed by atoms with Gasteiger partial charge in [-0.1, -0.05) is 0 Å². The van der Waals surface area contributed by atoms with Gasteiger partial charge in [0, 0.05) is 6.42 Å². The maximum Gasteiger partial charge on any atom is 0.347 e. The standard InChI is InChI=1S/C9H13N3O5/c1-4-8(15)10-9(16)12(11-4)7-2-5(14)6(3-13)17-7/h5-7,13-14H,2-3H2,1H3,(H,10,15,16)/t5-,6-,7+/m0/s1. The quantitative estimate of drug-likeness (QED) is 0.546. The summed E-state index contributed by atoms with van der Waals surface area (Å²) in [6.45, 7) is 1.12. The molecule has 1 aromatic rings. The van der Waals surface area contributed by atoms with E-state index in [9.17, 15) is 14.7 Å². The largest absolute Gasteiger partial charge is 0.394 e. The van der Waals surface area contributed by atoms with Crippen molar-refractivity contribution in [3.05, 3.63) is 26.5 Å². The van der Waals surface area contributed by atoms with Crippen LogP contribution < -0.4 is 11.2 Å². The molecule has 8 heteroatoms. The van der Waals surface area contributed by atoms with E-state index in [2.05, 4.69) is 10.1 Å². The number of nitrogens with zero attached hydrogens (tertiary/aromatic N) is 2. The molecule has 1 saturated heterocycles. The van der Waals surface area contributed by atoms with Gasteiger partial charge in [0.1, 0.15) is 11.8 Å². The van der Waals surface area contributed by atoms with Crippen molar-refractivity contribution in [2.24, 2.45) is 0 Å². The molecule has 0 bridgehead atoms. The normalized spacial score (nSPS) is 28.5. The van der Waals surface area contributed by atoms with Crippen molar-refractivity contribution in [2.75, 3.05) is 6.61 Å². The molecule has 0 aliphatic carbocycles. The molecule has 0 unspecified atom stereocenters. The van der Waals surface area contributed by atoms with E-state index in [1.165, 1.54) is 6.92 Å². The molecule has 0 spiro atoms. The first-order valence-electron chi connectivity index (χ1n) is 5.17. The Kier molecular flexibility index (Phi) is 3.09. The average molecular weight is 243 g/mol. The van der Waals surface area contributed by atoms with Crippen LogP contribution in [0.4, 0.5) is 0 Å². The third-order valence-electron chi connectivity index (χ3n) is 2.67. The van der Waals surface area contributed by atoms with Gasteiger partial charge >= 0.3 is 5.69 Å². The lowest BCUT2D eigenvalue weighted by molar-refractivity contribution is -0.0508. The predicted molar refractivity (Wildman–Crippen MR) is 55.5 cm³/mol. The molecule has 2 rings (SSSR count). The third-order valence-corrected chi connectivity index (χ3v) is 2.67. The Hall–Kier alpha value is -1.51. The zero-order chi connectivity index (χ0) is 12.6. The Morgan fingerprint density at radius 3 is 2.88 bits per heavy atom. The van der Waals surface area contributed by atoms with Gasteiger partial charge in [0.2, 0.25) is 0 Å². The average Bonchev–Trinajstić information content (AvgIpc) is 2.65. The van der Waals surface area contributed by atoms with Gasteiger partial charge in [-0.15, -0.1) is 0 Å². The number of rotatable bonds is 2. The van der Waals surface area contributed by atoms with Crippen molar-refractivity contribution in [3.8, 4) is 0 Å². The lowest BCUT2D eigenvalue weighted by Crippen LogP contribution is -2.36. The number of ether oxygens (including phenoxy) is 1. The topological polar surface area (TPSA) is 117 Å². The van der Waals surface area contributed by atoms with Crippen LogP contribution in [0.15, 0.2) is 9.59 Å². The highest BCUT2D eigenvalue weighted by atomic mass is 16.5. The van der Waals surface area contributed by atoms with Crippen LogP contribution in [-0.2, 0) is 4.74 Å². The maximum absolute atomic E-state index is 11.5. The summed E-state index contributed by atoms with van der Waals surface area (Å²) in [6, 6.07) is 0. The smallest absolute Gasteiger partial charge is 0.347 e. The molecular formula is C9H13N3O5. The second-order valence-electron chi connectivity index (χ2n) is 3.90. The molecule has 2 heterocycles. The summed E-state index contributed by atoms with van der Waals surface area (Å²) in [7, 11) is 0. The van der Waals surface area contributed by atoms with Crippen molar-refractivity contribution in [2.45, 2.75) is 31.8 Å². The van der Waals surface area contributed by atoms with Crippen LogP contribution in [0.25, 0.3) is 0 Å². The first kappa shape index (κ1) is 12.0. The van der Waals surface area contributed by atoms with Gasteiger partial charge in [-0.3, -0.25) is 9.78 Å². The van der Waals surface area contributed by atoms with Crippen LogP contribution in [0, 0.1) is 6.92 Å². The minimum atomic E-state index is -0.856. The number of aliphatic hydroxyl groups excluding tert-OH is 2. The Morgan fingerprint density at radius 1 is 1.59 bits per heavy atom. The van der Waals surface area contributed by atoms with Crippen molar-refractivity contribution in [1.29, 1.82) is 0 Å². The van der Waals surface area contributed by atoms with Gasteiger partial charge in [0.15, 0.2) is 6.23 Å². The number of aromatic nitrogens is 3. The van der Waals surface area contributed by atoms with E-state index < -0.39 is 29.7 Å². The Bertz CT molecular complexity index is 522. The van der Waals surface area contributed by atoms with Gasteiger partial charge in [0.05, 0.1) is 12.7 Å². The Balaban J connectivity index is 2.34. The van der Waals surface area contributed by atoms with Gasteiger partial charge < -0.3 is 14.9 Å². The summed E-state index contributed by atoms with van der Waals surface area (Å²) >= 11 is 0. The summed E-state index contributed by atoms with van der Waals surface area (Å²) < 4.78 is 6.23. The van der Waals surface area contributed by atoms with Crippen LogP contribution in [0.2, 0.25) is 0 Å². The molecule has 1 fully saturated rings. The molecule has 8 nitrogen and oxygen atoms in total. The fraction of sp³-hybridized carbons (Fsp3) is 0.667. The van der Waals surface area contributed by atoms with E-state index in [1.54, 1.807) is 0 Å². The summed E-state index contributed by atoms with van der Waals surface area (Å²) in [5, 5.41) is 22.3. The second-order valence-corrected chi connectivity index (χ2v) is 3.90. The summed E-state index contributed by atoms with van der Waals surface area (Å²) in [6.07, 6.45) is -2.22. The van der Waals surface area contributed by atoms with E-state index >= 15 is 0 Å². The molecule has 1 aromatic heterocycles. The van der Waals surface area contributed by atoms with Crippen LogP contribution in [-0.4, -0.2) is 43.8 Å². The Morgan fingerprint density at radius 2 is 2.29 bits per heavy atom. The zero-order valence-corrected chi connectivity index (χ0v) is 9.16. The molecule has 3 N–H and O–H groups in total. The molecule has 1 aliphatic rings.